The summed E-state index contributed by atoms with van der Waals surface area (Å²) in [7, 11) is 0. The summed E-state index contributed by atoms with van der Waals surface area (Å²) in [6.07, 6.45) is 7.25. The van der Waals surface area contributed by atoms with E-state index in [0.29, 0.717) is 44.7 Å². The van der Waals surface area contributed by atoms with E-state index in [2.05, 4.69) is 17.7 Å². The van der Waals surface area contributed by atoms with Gasteiger partial charge in [-0.3, -0.25) is 19.8 Å². The first kappa shape index (κ1) is 22.0. The summed E-state index contributed by atoms with van der Waals surface area (Å²) in [6, 6.07) is 9.04. The van der Waals surface area contributed by atoms with Gasteiger partial charge in [0, 0.05) is 25.1 Å². The Bertz CT molecular complexity index is 913. The van der Waals surface area contributed by atoms with Gasteiger partial charge in [-0.1, -0.05) is 37.3 Å². The van der Waals surface area contributed by atoms with E-state index < -0.39 is 11.6 Å². The van der Waals surface area contributed by atoms with Crippen molar-refractivity contribution >= 4 is 29.8 Å². The van der Waals surface area contributed by atoms with Crippen molar-refractivity contribution in [2.45, 2.75) is 51.0 Å². The Labute approximate surface area is 188 Å². The van der Waals surface area contributed by atoms with E-state index in [-0.39, 0.29) is 23.6 Å². The molecular weight excluding hydrogens is 408 g/mol. The van der Waals surface area contributed by atoms with E-state index >= 15 is 0 Å². The van der Waals surface area contributed by atoms with E-state index in [0.717, 1.165) is 23.4 Å². The van der Waals surface area contributed by atoms with Gasteiger partial charge in [-0.15, -0.1) is 0 Å². The van der Waals surface area contributed by atoms with E-state index in [9.17, 15) is 19.2 Å². The van der Waals surface area contributed by atoms with Gasteiger partial charge in [0.05, 0.1) is 0 Å². The van der Waals surface area contributed by atoms with Crippen LogP contribution in [0.15, 0.2) is 36.4 Å². The second-order valence-corrected chi connectivity index (χ2v) is 9.15. The van der Waals surface area contributed by atoms with E-state index in [4.69, 9.17) is 0 Å². The number of nitrogens with zero attached hydrogens (tertiary/aromatic N) is 2. The SMILES string of the molecule is CC1CCC2(CC1)NC(=O)N(NC(=O)C1CCN(C(=O)C=Cc3ccccc3)CC1)C2=O. The van der Waals surface area contributed by atoms with Crippen molar-refractivity contribution < 1.29 is 19.2 Å². The molecule has 3 fully saturated rings. The molecule has 3 aliphatic rings. The number of urea groups is 1. The van der Waals surface area contributed by atoms with Crippen LogP contribution in [0.4, 0.5) is 4.79 Å². The Balaban J connectivity index is 1.28. The van der Waals surface area contributed by atoms with Crippen LogP contribution in [0.25, 0.3) is 6.08 Å². The molecule has 0 atom stereocenters. The third kappa shape index (κ3) is 4.54. The highest BCUT2D eigenvalue weighted by atomic mass is 16.2. The van der Waals surface area contributed by atoms with Crippen LogP contribution < -0.4 is 10.7 Å². The smallest absolute Gasteiger partial charge is 0.339 e. The Morgan fingerprint density at radius 3 is 2.38 bits per heavy atom. The molecule has 2 N–H and O–H groups in total. The highest BCUT2D eigenvalue weighted by Gasteiger charge is 2.53. The molecule has 0 radical (unpaired) electrons. The third-order valence-corrected chi connectivity index (χ3v) is 6.91. The van der Waals surface area contributed by atoms with E-state index in [1.54, 1.807) is 17.1 Å². The molecule has 8 heteroatoms. The molecule has 2 saturated heterocycles. The van der Waals surface area contributed by atoms with Crippen LogP contribution in [0.5, 0.6) is 0 Å². The van der Waals surface area contributed by atoms with Crippen LogP contribution in [0.2, 0.25) is 0 Å². The Morgan fingerprint density at radius 2 is 1.72 bits per heavy atom. The molecule has 0 bridgehead atoms. The van der Waals surface area contributed by atoms with Gasteiger partial charge in [-0.2, -0.15) is 5.01 Å². The fourth-order valence-electron chi connectivity index (χ4n) is 4.72. The quantitative estimate of drug-likeness (QED) is 0.557. The van der Waals surface area contributed by atoms with Crippen molar-refractivity contribution in [1.29, 1.82) is 0 Å². The number of carbonyl (C=O) groups excluding carboxylic acids is 4. The van der Waals surface area contributed by atoms with Crippen molar-refractivity contribution in [1.82, 2.24) is 20.7 Å². The molecule has 8 nitrogen and oxygen atoms in total. The molecule has 1 aromatic rings. The maximum atomic E-state index is 12.9. The molecule has 1 saturated carbocycles. The normalized spacial score (nSPS) is 26.6. The number of hydrogen-bond donors (Lipinski definition) is 2. The third-order valence-electron chi connectivity index (χ3n) is 6.91. The maximum absolute atomic E-state index is 12.9. The fraction of sp³-hybridized carbons (Fsp3) is 0.500. The van der Waals surface area contributed by atoms with Crippen LogP contribution in [-0.4, -0.2) is 52.3 Å². The Hall–Kier alpha value is -3.16. The molecule has 2 heterocycles. The standard InChI is InChI=1S/C24H30N4O4/c1-17-9-13-24(14-10-17)22(31)28(23(32)25-24)26-21(30)19-11-15-27(16-12-19)20(29)8-7-18-5-3-2-4-6-18/h2-8,17,19H,9-16H2,1H3,(H,25,32)(H,26,30). The molecule has 1 spiro atoms. The molecule has 4 rings (SSSR count). The van der Waals surface area contributed by atoms with Gasteiger partial charge in [0.2, 0.25) is 11.8 Å². The first-order chi connectivity index (χ1) is 15.4. The number of likely N-dealkylation sites (tertiary alicyclic amines) is 1. The van der Waals surface area contributed by atoms with Crippen LogP contribution in [-0.2, 0) is 14.4 Å². The van der Waals surface area contributed by atoms with E-state index in [1.165, 1.54) is 0 Å². The fourth-order valence-corrected chi connectivity index (χ4v) is 4.72. The summed E-state index contributed by atoms with van der Waals surface area (Å²) in [4.78, 5) is 52.2. The Morgan fingerprint density at radius 1 is 1.06 bits per heavy atom. The van der Waals surface area contributed by atoms with Crippen molar-refractivity contribution in [3.8, 4) is 0 Å². The van der Waals surface area contributed by atoms with Crippen molar-refractivity contribution in [2.24, 2.45) is 11.8 Å². The number of rotatable bonds is 4. The average molecular weight is 439 g/mol. The number of piperidine rings is 1. The topological polar surface area (TPSA) is 98.8 Å². The molecule has 5 amide bonds. The second kappa shape index (κ2) is 9.14. The number of benzene rings is 1. The highest BCUT2D eigenvalue weighted by Crippen LogP contribution is 2.36. The van der Waals surface area contributed by atoms with Crippen molar-refractivity contribution in [3.05, 3.63) is 42.0 Å². The largest absolute Gasteiger partial charge is 0.344 e. The van der Waals surface area contributed by atoms with Gasteiger partial charge in [-0.25, -0.2) is 4.79 Å². The number of imide groups is 1. The van der Waals surface area contributed by atoms with Crippen LogP contribution in [0.3, 0.4) is 0 Å². The maximum Gasteiger partial charge on any atom is 0.344 e. The highest BCUT2D eigenvalue weighted by molar-refractivity contribution is 6.08. The van der Waals surface area contributed by atoms with Crippen LogP contribution in [0, 0.1) is 11.8 Å². The molecule has 170 valence electrons. The van der Waals surface area contributed by atoms with Gasteiger partial charge >= 0.3 is 6.03 Å². The zero-order chi connectivity index (χ0) is 22.7. The van der Waals surface area contributed by atoms with Crippen LogP contribution in [0.1, 0.15) is 51.0 Å². The summed E-state index contributed by atoms with van der Waals surface area (Å²) < 4.78 is 0. The minimum Gasteiger partial charge on any atom is -0.339 e. The van der Waals surface area contributed by atoms with Gasteiger partial charge < -0.3 is 10.2 Å². The zero-order valence-electron chi connectivity index (χ0n) is 18.4. The summed E-state index contributed by atoms with van der Waals surface area (Å²) in [6.45, 7) is 3.05. The number of nitrogens with one attached hydrogen (secondary N) is 2. The van der Waals surface area contributed by atoms with Crippen LogP contribution >= 0.6 is 0 Å². The zero-order valence-corrected chi connectivity index (χ0v) is 18.4. The summed E-state index contributed by atoms with van der Waals surface area (Å²) in [5.74, 6) is -0.608. The number of carbonyl (C=O) groups is 4. The number of hydrazine groups is 1. The molecule has 0 unspecified atom stereocenters. The summed E-state index contributed by atoms with van der Waals surface area (Å²) in [5.41, 5.74) is 2.61. The Kier molecular flexibility index (Phi) is 6.30. The van der Waals surface area contributed by atoms with E-state index in [1.807, 2.05) is 30.3 Å². The molecule has 32 heavy (non-hydrogen) atoms. The summed E-state index contributed by atoms with van der Waals surface area (Å²) >= 11 is 0. The lowest BCUT2D eigenvalue weighted by atomic mass is 9.77. The first-order valence-electron chi connectivity index (χ1n) is 11.4. The first-order valence-corrected chi connectivity index (χ1v) is 11.4. The number of hydrogen-bond acceptors (Lipinski definition) is 4. The lowest BCUT2D eigenvalue weighted by Crippen LogP contribution is -2.53. The van der Waals surface area contributed by atoms with Gasteiger partial charge in [0.15, 0.2) is 0 Å². The minimum atomic E-state index is -0.877. The van der Waals surface area contributed by atoms with Crippen molar-refractivity contribution in [3.63, 3.8) is 0 Å². The molecule has 0 aromatic heterocycles. The minimum absolute atomic E-state index is 0.0877. The lowest BCUT2D eigenvalue weighted by molar-refractivity contribution is -0.142. The van der Waals surface area contributed by atoms with Crippen molar-refractivity contribution in [2.75, 3.05) is 13.1 Å². The molecule has 2 aliphatic heterocycles. The van der Waals surface area contributed by atoms with Gasteiger partial charge in [0.25, 0.3) is 5.91 Å². The monoisotopic (exact) mass is 438 g/mol. The molecule has 1 aliphatic carbocycles. The second-order valence-electron chi connectivity index (χ2n) is 9.15. The predicted molar refractivity (Wildman–Crippen MR) is 119 cm³/mol. The lowest BCUT2D eigenvalue weighted by Gasteiger charge is -2.33. The summed E-state index contributed by atoms with van der Waals surface area (Å²) in [5, 5.41) is 3.67. The number of amides is 5. The average Bonchev–Trinajstić information content (AvgIpc) is 3.04. The predicted octanol–water partition coefficient (Wildman–Crippen LogP) is 2.47. The molecule has 1 aromatic carbocycles. The van der Waals surface area contributed by atoms with Gasteiger partial charge in [0.1, 0.15) is 5.54 Å². The molecular formula is C24H30N4O4. The van der Waals surface area contributed by atoms with Gasteiger partial charge in [-0.05, 0) is 56.1 Å².